The molecule has 0 saturated carbocycles. The van der Waals surface area contributed by atoms with E-state index in [4.69, 9.17) is 9.15 Å². The standard InChI is InChI=1S/C11H16N2O2/c1-3-14-4-2-8(1)10-7-13-11(15-10)9-5-12-6-9/h7-9,12H,1-6H2. The lowest BCUT2D eigenvalue weighted by Crippen LogP contribution is -2.40. The fraction of sp³-hybridized carbons (Fsp3) is 0.727. The topological polar surface area (TPSA) is 47.3 Å². The summed E-state index contributed by atoms with van der Waals surface area (Å²) in [5.41, 5.74) is 0. The van der Waals surface area contributed by atoms with E-state index >= 15 is 0 Å². The minimum atomic E-state index is 0.499. The van der Waals surface area contributed by atoms with Gasteiger partial charge in [0.15, 0.2) is 5.89 Å². The SMILES string of the molecule is c1nc(C2CNC2)oc1C1CCOCC1. The third kappa shape index (κ3) is 1.79. The molecule has 82 valence electrons. The molecule has 1 N–H and O–H groups in total. The van der Waals surface area contributed by atoms with Crippen molar-refractivity contribution in [3.05, 3.63) is 17.8 Å². The van der Waals surface area contributed by atoms with Gasteiger partial charge in [0.05, 0.1) is 12.1 Å². The van der Waals surface area contributed by atoms with Gasteiger partial charge in [0.2, 0.25) is 0 Å². The van der Waals surface area contributed by atoms with Crippen molar-refractivity contribution in [2.45, 2.75) is 24.7 Å². The van der Waals surface area contributed by atoms with E-state index < -0.39 is 0 Å². The first-order chi connectivity index (χ1) is 7.43. The second-order valence-corrected chi connectivity index (χ2v) is 4.34. The number of nitrogens with one attached hydrogen (secondary N) is 1. The zero-order valence-electron chi connectivity index (χ0n) is 8.74. The molecule has 2 saturated heterocycles. The molecule has 1 aromatic heterocycles. The van der Waals surface area contributed by atoms with Gasteiger partial charge in [-0.2, -0.15) is 0 Å². The highest BCUT2D eigenvalue weighted by Gasteiger charge is 2.26. The molecule has 2 aliphatic rings. The van der Waals surface area contributed by atoms with Crippen LogP contribution in [0.1, 0.15) is 36.3 Å². The van der Waals surface area contributed by atoms with Crippen LogP contribution in [0.2, 0.25) is 0 Å². The number of aromatic nitrogens is 1. The van der Waals surface area contributed by atoms with Gasteiger partial charge in [-0.05, 0) is 12.8 Å². The summed E-state index contributed by atoms with van der Waals surface area (Å²) in [5.74, 6) is 2.99. The quantitative estimate of drug-likeness (QED) is 0.794. The molecule has 3 rings (SSSR count). The Morgan fingerprint density at radius 1 is 1.20 bits per heavy atom. The van der Waals surface area contributed by atoms with Crippen molar-refractivity contribution in [3.63, 3.8) is 0 Å². The molecular weight excluding hydrogens is 192 g/mol. The van der Waals surface area contributed by atoms with E-state index in [1.807, 2.05) is 6.20 Å². The van der Waals surface area contributed by atoms with Crippen molar-refractivity contribution in [3.8, 4) is 0 Å². The molecule has 0 aromatic carbocycles. The highest BCUT2D eigenvalue weighted by atomic mass is 16.5. The molecule has 2 aliphatic heterocycles. The molecule has 3 heterocycles. The van der Waals surface area contributed by atoms with Crippen molar-refractivity contribution in [1.29, 1.82) is 0 Å². The van der Waals surface area contributed by atoms with Crippen LogP contribution in [0, 0.1) is 0 Å². The van der Waals surface area contributed by atoms with Gasteiger partial charge < -0.3 is 14.5 Å². The Hall–Kier alpha value is -0.870. The maximum Gasteiger partial charge on any atom is 0.200 e. The zero-order valence-corrected chi connectivity index (χ0v) is 8.74. The van der Waals surface area contributed by atoms with Gasteiger partial charge >= 0.3 is 0 Å². The minimum Gasteiger partial charge on any atom is -0.445 e. The average Bonchev–Trinajstić information content (AvgIpc) is 2.66. The van der Waals surface area contributed by atoms with Crippen LogP contribution in [-0.4, -0.2) is 31.3 Å². The molecule has 2 fully saturated rings. The first-order valence-electron chi connectivity index (χ1n) is 5.67. The minimum absolute atomic E-state index is 0.499. The van der Waals surface area contributed by atoms with Crippen molar-refractivity contribution >= 4 is 0 Å². The van der Waals surface area contributed by atoms with E-state index in [-0.39, 0.29) is 0 Å². The Labute approximate surface area is 89.0 Å². The molecule has 0 atom stereocenters. The number of rotatable bonds is 2. The zero-order chi connectivity index (χ0) is 10.1. The summed E-state index contributed by atoms with van der Waals surface area (Å²) in [4.78, 5) is 4.37. The van der Waals surface area contributed by atoms with Crippen LogP contribution in [0.3, 0.4) is 0 Å². The summed E-state index contributed by atoms with van der Waals surface area (Å²) < 4.78 is 11.2. The predicted octanol–water partition coefficient (Wildman–Crippen LogP) is 1.26. The van der Waals surface area contributed by atoms with Crippen molar-refractivity contribution in [2.24, 2.45) is 0 Å². The molecule has 1 aromatic rings. The van der Waals surface area contributed by atoms with Crippen LogP contribution >= 0.6 is 0 Å². The first-order valence-corrected chi connectivity index (χ1v) is 5.67. The van der Waals surface area contributed by atoms with Gasteiger partial charge in [0.25, 0.3) is 0 Å². The molecule has 0 spiro atoms. The lowest BCUT2D eigenvalue weighted by Gasteiger charge is -2.24. The van der Waals surface area contributed by atoms with Crippen molar-refractivity contribution < 1.29 is 9.15 Å². The summed E-state index contributed by atoms with van der Waals surface area (Å²) in [6.45, 7) is 3.72. The Kier molecular flexibility index (Phi) is 2.46. The largest absolute Gasteiger partial charge is 0.445 e. The summed E-state index contributed by atoms with van der Waals surface area (Å²) in [5, 5.41) is 3.23. The monoisotopic (exact) mass is 208 g/mol. The fourth-order valence-electron chi connectivity index (χ4n) is 2.12. The van der Waals surface area contributed by atoms with E-state index in [1.165, 1.54) is 0 Å². The van der Waals surface area contributed by atoms with Gasteiger partial charge in [0, 0.05) is 32.2 Å². The first kappa shape index (κ1) is 9.36. The molecule has 4 nitrogen and oxygen atoms in total. The normalized spacial score (nSPS) is 24.0. The van der Waals surface area contributed by atoms with Crippen LogP contribution in [0.5, 0.6) is 0 Å². The van der Waals surface area contributed by atoms with Crippen molar-refractivity contribution in [2.75, 3.05) is 26.3 Å². The Bertz CT molecular complexity index is 327. The van der Waals surface area contributed by atoms with Crippen LogP contribution in [-0.2, 0) is 4.74 Å². The summed E-state index contributed by atoms with van der Waals surface area (Å²) in [6.07, 6.45) is 4.04. The van der Waals surface area contributed by atoms with Gasteiger partial charge in [-0.1, -0.05) is 0 Å². The molecule has 4 heteroatoms. The fourth-order valence-corrected chi connectivity index (χ4v) is 2.12. The maximum absolute atomic E-state index is 5.82. The van der Waals surface area contributed by atoms with Gasteiger partial charge in [-0.25, -0.2) is 4.98 Å². The number of ether oxygens (including phenoxy) is 1. The summed E-state index contributed by atoms with van der Waals surface area (Å²) in [6, 6.07) is 0. The lowest BCUT2D eigenvalue weighted by molar-refractivity contribution is 0.0801. The molecule has 0 radical (unpaired) electrons. The van der Waals surface area contributed by atoms with Crippen LogP contribution in [0.25, 0.3) is 0 Å². The highest BCUT2D eigenvalue weighted by Crippen LogP contribution is 2.29. The molecule has 0 amide bonds. The van der Waals surface area contributed by atoms with E-state index in [9.17, 15) is 0 Å². The number of hydrogen-bond acceptors (Lipinski definition) is 4. The van der Waals surface area contributed by atoms with E-state index in [1.54, 1.807) is 0 Å². The molecule has 0 unspecified atom stereocenters. The Morgan fingerprint density at radius 3 is 2.67 bits per heavy atom. The Balaban J connectivity index is 1.71. The second-order valence-electron chi connectivity index (χ2n) is 4.34. The number of nitrogens with zero attached hydrogens (tertiary/aromatic N) is 1. The molecule has 0 bridgehead atoms. The number of hydrogen-bond donors (Lipinski definition) is 1. The smallest absolute Gasteiger partial charge is 0.200 e. The van der Waals surface area contributed by atoms with Crippen LogP contribution in [0.4, 0.5) is 0 Å². The maximum atomic E-state index is 5.82. The van der Waals surface area contributed by atoms with Gasteiger partial charge in [0.1, 0.15) is 5.76 Å². The predicted molar refractivity (Wildman–Crippen MR) is 54.9 cm³/mol. The summed E-state index contributed by atoms with van der Waals surface area (Å²) >= 11 is 0. The average molecular weight is 208 g/mol. The van der Waals surface area contributed by atoms with E-state index in [2.05, 4.69) is 10.3 Å². The number of oxazole rings is 1. The highest BCUT2D eigenvalue weighted by molar-refractivity contribution is 5.08. The van der Waals surface area contributed by atoms with E-state index in [0.29, 0.717) is 11.8 Å². The van der Waals surface area contributed by atoms with Crippen LogP contribution in [0.15, 0.2) is 10.6 Å². The van der Waals surface area contributed by atoms with Crippen molar-refractivity contribution in [1.82, 2.24) is 10.3 Å². The molecular formula is C11H16N2O2. The lowest BCUT2D eigenvalue weighted by atomic mass is 9.98. The van der Waals surface area contributed by atoms with E-state index in [0.717, 1.165) is 50.8 Å². The third-order valence-corrected chi connectivity index (χ3v) is 3.30. The van der Waals surface area contributed by atoms with Crippen LogP contribution < -0.4 is 5.32 Å². The molecule has 15 heavy (non-hydrogen) atoms. The Morgan fingerprint density at radius 2 is 2.00 bits per heavy atom. The third-order valence-electron chi connectivity index (χ3n) is 3.30. The molecule has 0 aliphatic carbocycles. The second kappa shape index (κ2) is 3.94. The van der Waals surface area contributed by atoms with Gasteiger partial charge in [-0.3, -0.25) is 0 Å². The van der Waals surface area contributed by atoms with Gasteiger partial charge in [-0.15, -0.1) is 0 Å². The summed E-state index contributed by atoms with van der Waals surface area (Å²) in [7, 11) is 0.